The van der Waals surface area contributed by atoms with Crippen molar-refractivity contribution in [3.8, 4) is 11.8 Å². The van der Waals surface area contributed by atoms with Crippen LogP contribution >= 0.6 is 0 Å². The zero-order valence-corrected chi connectivity index (χ0v) is 19.7. The molecule has 2 aromatic heterocycles. The van der Waals surface area contributed by atoms with Gasteiger partial charge in [-0.05, 0) is 54.7 Å². The van der Waals surface area contributed by atoms with E-state index in [1.165, 1.54) is 18.3 Å². The molecule has 37 heavy (non-hydrogen) atoms. The predicted octanol–water partition coefficient (Wildman–Crippen LogP) is 6.59. The van der Waals surface area contributed by atoms with Gasteiger partial charge in [-0.2, -0.15) is 18.4 Å². The maximum absolute atomic E-state index is 13.9. The molecule has 0 spiro atoms. The zero-order chi connectivity index (χ0) is 25.9. The Bertz CT molecular complexity index is 1640. The highest BCUT2D eigenvalue weighted by Crippen LogP contribution is 2.43. The van der Waals surface area contributed by atoms with Crippen LogP contribution in [0.1, 0.15) is 65.0 Å². The highest BCUT2D eigenvalue weighted by molar-refractivity contribution is 5.88. The number of aromatic nitrogens is 3. The molecule has 6 rings (SSSR count). The molecule has 1 fully saturated rings. The molecule has 0 amide bonds. The maximum Gasteiger partial charge on any atom is 0.433 e. The Labute approximate surface area is 209 Å². The van der Waals surface area contributed by atoms with Crippen LogP contribution in [0.3, 0.4) is 0 Å². The molecule has 2 aliphatic rings. The van der Waals surface area contributed by atoms with E-state index in [0.717, 1.165) is 47.0 Å². The lowest BCUT2D eigenvalue weighted by Crippen LogP contribution is -2.09. The van der Waals surface area contributed by atoms with Gasteiger partial charge >= 0.3 is 6.18 Å². The topological polar surface area (TPSA) is 63.2 Å². The average Bonchev–Trinajstić information content (AvgIpc) is 3.67. The third-order valence-electron chi connectivity index (χ3n) is 6.83. The molecule has 1 aliphatic carbocycles. The molecule has 0 bridgehead atoms. The van der Waals surface area contributed by atoms with Gasteiger partial charge in [0.25, 0.3) is 0 Å². The number of fused-ring (bicyclic) bond motifs is 3. The van der Waals surface area contributed by atoms with E-state index in [-0.39, 0.29) is 18.3 Å². The molecule has 1 saturated carbocycles. The second kappa shape index (κ2) is 8.44. The summed E-state index contributed by atoms with van der Waals surface area (Å²) in [5.74, 6) is 0.193. The Morgan fingerprint density at radius 1 is 1.11 bits per heavy atom. The summed E-state index contributed by atoms with van der Waals surface area (Å²) >= 11 is 0. The minimum atomic E-state index is -4.54. The first-order valence-corrected chi connectivity index (χ1v) is 11.8. The van der Waals surface area contributed by atoms with Crippen molar-refractivity contribution in [2.24, 2.45) is 0 Å². The van der Waals surface area contributed by atoms with Crippen LogP contribution in [0.25, 0.3) is 11.4 Å². The van der Waals surface area contributed by atoms with Gasteiger partial charge in [-0.1, -0.05) is 18.2 Å². The van der Waals surface area contributed by atoms with E-state index in [1.807, 2.05) is 18.2 Å². The molecule has 1 aliphatic heterocycles. The Morgan fingerprint density at radius 2 is 1.89 bits per heavy atom. The Hall–Kier alpha value is -4.19. The molecule has 4 aromatic rings. The molecular weight excluding hydrogens is 484 g/mol. The molecule has 3 heterocycles. The van der Waals surface area contributed by atoms with Crippen LogP contribution in [0.4, 0.5) is 17.6 Å². The summed E-state index contributed by atoms with van der Waals surface area (Å²) in [5, 5.41) is 9.66. The van der Waals surface area contributed by atoms with E-state index in [1.54, 1.807) is 17.4 Å². The van der Waals surface area contributed by atoms with Crippen molar-refractivity contribution < 1.29 is 22.3 Å². The Morgan fingerprint density at radius 3 is 2.62 bits per heavy atom. The molecule has 5 nitrogen and oxygen atoms in total. The van der Waals surface area contributed by atoms with Gasteiger partial charge in [0.05, 0.1) is 17.5 Å². The van der Waals surface area contributed by atoms with Crippen molar-refractivity contribution in [1.82, 2.24) is 14.4 Å². The fourth-order valence-corrected chi connectivity index (χ4v) is 4.91. The van der Waals surface area contributed by atoms with Gasteiger partial charge in [-0.25, -0.2) is 14.4 Å². The van der Waals surface area contributed by atoms with Crippen LogP contribution in [0, 0.1) is 17.1 Å². The van der Waals surface area contributed by atoms with Crippen molar-refractivity contribution in [2.45, 2.75) is 44.9 Å². The number of nitrogens with zero attached hydrogens (tertiary/aromatic N) is 4. The fourth-order valence-electron chi connectivity index (χ4n) is 4.91. The lowest BCUT2D eigenvalue weighted by atomic mass is 9.89. The van der Waals surface area contributed by atoms with E-state index < -0.39 is 17.7 Å². The summed E-state index contributed by atoms with van der Waals surface area (Å²) in [6.07, 6.45) is -0.841. The number of ether oxygens (including phenoxy) is 1. The normalized spacial score (nSPS) is 16.4. The average molecular weight is 504 g/mol. The number of rotatable bonds is 3. The molecule has 0 radical (unpaired) electrons. The third kappa shape index (κ3) is 4.12. The summed E-state index contributed by atoms with van der Waals surface area (Å²) in [4.78, 5) is 8.25. The van der Waals surface area contributed by atoms with Gasteiger partial charge in [0.1, 0.15) is 23.9 Å². The monoisotopic (exact) mass is 504 g/mol. The first-order valence-electron chi connectivity index (χ1n) is 11.8. The van der Waals surface area contributed by atoms with Crippen LogP contribution < -0.4 is 4.74 Å². The van der Waals surface area contributed by atoms with Crippen LogP contribution in [0.15, 0.2) is 54.2 Å². The summed E-state index contributed by atoms with van der Waals surface area (Å²) in [7, 11) is 0. The second-order valence-corrected chi connectivity index (χ2v) is 9.41. The fraction of sp³-hybridized carbons (Fsp3) is 0.250. The second-order valence-electron chi connectivity index (χ2n) is 9.41. The smallest absolute Gasteiger partial charge is 0.433 e. The van der Waals surface area contributed by atoms with Crippen LogP contribution in [0.2, 0.25) is 0 Å². The maximum atomic E-state index is 13.9. The largest absolute Gasteiger partial charge is 0.488 e. The number of imidazole rings is 1. The SMILES string of the molecule is CC(C#N)=C1c2ccc(Cc3c(C4CC4)nc4nc(C(F)(F)F)ccn34)cc2COc2cc(F)ccc21. The zero-order valence-electron chi connectivity index (χ0n) is 19.7. The minimum absolute atomic E-state index is 0.0390. The summed E-state index contributed by atoms with van der Waals surface area (Å²) in [6, 6.07) is 13.3. The van der Waals surface area contributed by atoms with Crippen molar-refractivity contribution in [2.75, 3.05) is 0 Å². The van der Waals surface area contributed by atoms with E-state index in [4.69, 9.17) is 4.74 Å². The number of allylic oxidation sites excluding steroid dienone is 1. The van der Waals surface area contributed by atoms with E-state index in [9.17, 15) is 22.8 Å². The molecule has 186 valence electrons. The lowest BCUT2D eigenvalue weighted by Gasteiger charge is -2.13. The van der Waals surface area contributed by atoms with Gasteiger partial charge in [-0.15, -0.1) is 0 Å². The molecule has 0 atom stereocenters. The Balaban J connectivity index is 1.43. The van der Waals surface area contributed by atoms with Crippen molar-refractivity contribution >= 4 is 11.4 Å². The molecule has 0 N–H and O–H groups in total. The van der Waals surface area contributed by atoms with Crippen molar-refractivity contribution in [3.63, 3.8) is 0 Å². The lowest BCUT2D eigenvalue weighted by molar-refractivity contribution is -0.141. The first kappa shape index (κ1) is 23.2. The summed E-state index contributed by atoms with van der Waals surface area (Å²) in [5.41, 5.74) is 5.01. The molecule has 0 saturated heterocycles. The van der Waals surface area contributed by atoms with Crippen LogP contribution in [-0.4, -0.2) is 14.4 Å². The van der Waals surface area contributed by atoms with Crippen LogP contribution in [-0.2, 0) is 19.2 Å². The van der Waals surface area contributed by atoms with Crippen LogP contribution in [0.5, 0.6) is 5.75 Å². The number of nitriles is 1. The van der Waals surface area contributed by atoms with E-state index in [0.29, 0.717) is 28.9 Å². The van der Waals surface area contributed by atoms with Gasteiger partial charge in [0, 0.05) is 41.3 Å². The highest BCUT2D eigenvalue weighted by atomic mass is 19.4. The number of halogens is 4. The van der Waals surface area contributed by atoms with Gasteiger partial charge in [0.15, 0.2) is 0 Å². The quantitative estimate of drug-likeness (QED) is 0.233. The molecule has 9 heteroatoms. The molecular formula is C28H20F4N4O. The number of alkyl halides is 3. The van der Waals surface area contributed by atoms with E-state index >= 15 is 0 Å². The number of hydrogen-bond acceptors (Lipinski definition) is 4. The third-order valence-corrected chi connectivity index (χ3v) is 6.83. The molecule has 0 unspecified atom stereocenters. The number of benzene rings is 2. The highest BCUT2D eigenvalue weighted by Gasteiger charge is 2.35. The van der Waals surface area contributed by atoms with Gasteiger partial charge in [-0.3, -0.25) is 4.40 Å². The summed E-state index contributed by atoms with van der Waals surface area (Å²) < 4.78 is 61.1. The van der Waals surface area contributed by atoms with E-state index in [2.05, 4.69) is 16.0 Å². The Kier molecular flexibility index (Phi) is 5.30. The summed E-state index contributed by atoms with van der Waals surface area (Å²) in [6.45, 7) is 1.90. The van der Waals surface area contributed by atoms with Gasteiger partial charge < -0.3 is 4.74 Å². The minimum Gasteiger partial charge on any atom is -0.488 e. The number of hydrogen-bond donors (Lipinski definition) is 0. The predicted molar refractivity (Wildman–Crippen MR) is 127 cm³/mol. The van der Waals surface area contributed by atoms with Crippen molar-refractivity contribution in [3.05, 3.63) is 99.4 Å². The standard InChI is InChI=1S/C28H20F4N4O/c1-15(13-33)25-20-6-2-16(10-18(20)14-37-23-12-19(29)5-7-21(23)25)11-22-26(17-3-4-17)35-27-34-24(28(30,31)32)8-9-36(22)27/h2,5-10,12,17H,3-4,11,14H2,1H3. The first-order chi connectivity index (χ1) is 17.7. The van der Waals surface area contributed by atoms with Gasteiger partial charge in [0.2, 0.25) is 5.78 Å². The molecule has 2 aromatic carbocycles. The van der Waals surface area contributed by atoms with Crippen molar-refractivity contribution in [1.29, 1.82) is 5.26 Å².